The predicted octanol–water partition coefficient (Wildman–Crippen LogP) is 5.33. The van der Waals surface area contributed by atoms with Gasteiger partial charge in [-0.3, -0.25) is 0 Å². The zero-order chi connectivity index (χ0) is 21.5. The van der Waals surface area contributed by atoms with Crippen molar-refractivity contribution in [2.24, 2.45) is 0 Å². The number of benzene rings is 1. The van der Waals surface area contributed by atoms with Gasteiger partial charge in [-0.25, -0.2) is 9.78 Å². The SMILES string of the molecule is CC1(C)CCC(C)(C)c2cc(-c3cccc(N4CCCC(NC(=O)O)C4)n3)ccc21. The summed E-state index contributed by atoms with van der Waals surface area (Å²) >= 11 is 0. The highest BCUT2D eigenvalue weighted by Gasteiger charge is 2.37. The number of nitrogens with zero attached hydrogens (tertiary/aromatic N) is 2. The van der Waals surface area contributed by atoms with Gasteiger partial charge in [-0.15, -0.1) is 0 Å². The highest BCUT2D eigenvalue weighted by atomic mass is 16.4. The van der Waals surface area contributed by atoms with Crippen molar-refractivity contribution in [3.05, 3.63) is 47.5 Å². The number of nitrogens with one attached hydrogen (secondary N) is 1. The summed E-state index contributed by atoms with van der Waals surface area (Å²) in [5.41, 5.74) is 5.39. The number of carboxylic acid groups (broad SMARTS) is 1. The molecule has 0 spiro atoms. The molecule has 2 aromatic rings. The lowest BCUT2D eigenvalue weighted by Crippen LogP contribution is -2.47. The number of carbonyl (C=O) groups is 1. The van der Waals surface area contributed by atoms with Gasteiger partial charge in [0.25, 0.3) is 0 Å². The average Bonchev–Trinajstić information content (AvgIpc) is 2.71. The van der Waals surface area contributed by atoms with Crippen molar-refractivity contribution in [3.8, 4) is 11.3 Å². The lowest BCUT2D eigenvalue weighted by atomic mass is 9.63. The maximum atomic E-state index is 11.0. The molecular weight excluding hydrogens is 374 g/mol. The van der Waals surface area contributed by atoms with Crippen LogP contribution >= 0.6 is 0 Å². The molecule has 1 aromatic carbocycles. The quantitative estimate of drug-likeness (QED) is 0.721. The second kappa shape index (κ2) is 7.60. The number of amides is 1. The Labute approximate surface area is 179 Å². The van der Waals surface area contributed by atoms with Gasteiger partial charge < -0.3 is 15.3 Å². The minimum Gasteiger partial charge on any atom is -0.465 e. The smallest absolute Gasteiger partial charge is 0.404 e. The highest BCUT2D eigenvalue weighted by Crippen LogP contribution is 2.46. The maximum absolute atomic E-state index is 11.0. The first-order valence-corrected chi connectivity index (χ1v) is 11.0. The molecule has 1 saturated heterocycles. The number of fused-ring (bicyclic) bond motifs is 1. The molecule has 1 aromatic heterocycles. The van der Waals surface area contributed by atoms with E-state index >= 15 is 0 Å². The molecule has 2 heterocycles. The van der Waals surface area contributed by atoms with Crippen LogP contribution in [0.4, 0.5) is 10.6 Å². The van der Waals surface area contributed by atoms with E-state index in [1.54, 1.807) is 0 Å². The van der Waals surface area contributed by atoms with E-state index in [9.17, 15) is 4.79 Å². The van der Waals surface area contributed by atoms with E-state index in [1.165, 1.54) is 24.0 Å². The number of hydrogen-bond donors (Lipinski definition) is 2. The fourth-order valence-corrected chi connectivity index (χ4v) is 4.99. The molecule has 160 valence electrons. The molecule has 2 aliphatic rings. The van der Waals surface area contributed by atoms with E-state index in [-0.39, 0.29) is 16.9 Å². The minimum atomic E-state index is -0.955. The Bertz CT molecular complexity index is 951. The summed E-state index contributed by atoms with van der Waals surface area (Å²) in [4.78, 5) is 18.2. The Kier molecular flexibility index (Phi) is 5.25. The minimum absolute atomic E-state index is 0.0477. The Balaban J connectivity index is 1.64. The number of pyridine rings is 1. The first-order valence-electron chi connectivity index (χ1n) is 11.0. The van der Waals surface area contributed by atoms with Crippen molar-refractivity contribution >= 4 is 11.9 Å². The Hall–Kier alpha value is -2.56. The van der Waals surface area contributed by atoms with Crippen LogP contribution in [0.3, 0.4) is 0 Å². The van der Waals surface area contributed by atoms with E-state index in [0.717, 1.165) is 36.5 Å². The van der Waals surface area contributed by atoms with Gasteiger partial charge >= 0.3 is 6.09 Å². The molecule has 0 saturated carbocycles. The monoisotopic (exact) mass is 407 g/mol. The van der Waals surface area contributed by atoms with Crippen molar-refractivity contribution in [2.45, 2.75) is 70.3 Å². The molecule has 2 N–H and O–H groups in total. The molecule has 5 heteroatoms. The highest BCUT2D eigenvalue weighted by molar-refractivity contribution is 5.66. The fraction of sp³-hybridized carbons (Fsp3) is 0.520. The van der Waals surface area contributed by atoms with Crippen LogP contribution in [-0.2, 0) is 10.8 Å². The van der Waals surface area contributed by atoms with Gasteiger partial charge in [-0.2, -0.15) is 0 Å². The van der Waals surface area contributed by atoms with Crippen LogP contribution in [0.15, 0.2) is 36.4 Å². The lowest BCUT2D eigenvalue weighted by Gasteiger charge is -2.42. The van der Waals surface area contributed by atoms with Crippen molar-refractivity contribution in [1.29, 1.82) is 0 Å². The third-order valence-corrected chi connectivity index (χ3v) is 6.96. The van der Waals surface area contributed by atoms with Crippen LogP contribution in [0.25, 0.3) is 11.3 Å². The van der Waals surface area contributed by atoms with Crippen LogP contribution in [0.5, 0.6) is 0 Å². The second-order valence-electron chi connectivity index (χ2n) is 10.1. The van der Waals surface area contributed by atoms with Gasteiger partial charge in [0.1, 0.15) is 5.82 Å². The molecule has 0 radical (unpaired) electrons. The molecule has 0 bridgehead atoms. The van der Waals surface area contributed by atoms with Gasteiger partial charge in [0.2, 0.25) is 0 Å². The van der Waals surface area contributed by atoms with Crippen molar-refractivity contribution in [2.75, 3.05) is 18.0 Å². The summed E-state index contributed by atoms with van der Waals surface area (Å²) in [5.74, 6) is 0.918. The van der Waals surface area contributed by atoms with Crippen LogP contribution in [0.2, 0.25) is 0 Å². The molecule has 30 heavy (non-hydrogen) atoms. The summed E-state index contributed by atoms with van der Waals surface area (Å²) in [7, 11) is 0. The molecule has 1 unspecified atom stereocenters. The van der Waals surface area contributed by atoms with Gasteiger partial charge in [0.15, 0.2) is 0 Å². The standard InChI is InChI=1S/C25H33N3O2/c1-24(2)12-13-25(3,4)20-15-17(10-11-19(20)24)21-8-5-9-22(27-21)28-14-6-7-18(16-28)26-23(29)30/h5,8-11,15,18,26H,6-7,12-14,16H2,1-4H3,(H,29,30). The Morgan fingerprint density at radius 1 is 1.10 bits per heavy atom. The molecule has 5 nitrogen and oxygen atoms in total. The number of rotatable bonds is 3. The van der Waals surface area contributed by atoms with Crippen molar-refractivity contribution < 1.29 is 9.90 Å². The van der Waals surface area contributed by atoms with Crippen molar-refractivity contribution in [1.82, 2.24) is 10.3 Å². The largest absolute Gasteiger partial charge is 0.465 e. The number of piperidine rings is 1. The molecular formula is C25H33N3O2. The zero-order valence-electron chi connectivity index (χ0n) is 18.5. The number of aromatic nitrogens is 1. The molecule has 4 rings (SSSR count). The van der Waals surface area contributed by atoms with Crippen LogP contribution in [-0.4, -0.2) is 35.3 Å². The third kappa shape index (κ3) is 4.03. The lowest BCUT2D eigenvalue weighted by molar-refractivity contribution is 0.188. The normalized spacial score (nSPS) is 22.3. The van der Waals surface area contributed by atoms with Crippen LogP contribution < -0.4 is 10.2 Å². The Morgan fingerprint density at radius 2 is 1.83 bits per heavy atom. The second-order valence-corrected chi connectivity index (χ2v) is 10.1. The van der Waals surface area contributed by atoms with E-state index in [4.69, 9.17) is 10.1 Å². The van der Waals surface area contributed by atoms with E-state index in [0.29, 0.717) is 6.54 Å². The van der Waals surface area contributed by atoms with E-state index < -0.39 is 6.09 Å². The molecule has 1 aliphatic heterocycles. The summed E-state index contributed by atoms with van der Waals surface area (Å²) in [6.45, 7) is 10.9. The summed E-state index contributed by atoms with van der Waals surface area (Å²) in [5, 5.41) is 11.7. The molecule has 1 aliphatic carbocycles. The topological polar surface area (TPSA) is 65.5 Å². The number of anilines is 1. The first kappa shape index (κ1) is 20.7. The van der Waals surface area contributed by atoms with E-state index in [1.807, 2.05) is 6.07 Å². The zero-order valence-corrected chi connectivity index (χ0v) is 18.5. The van der Waals surface area contributed by atoms with Crippen LogP contribution in [0, 0.1) is 0 Å². The summed E-state index contributed by atoms with van der Waals surface area (Å²) < 4.78 is 0. The molecule has 1 amide bonds. The van der Waals surface area contributed by atoms with Crippen LogP contribution in [0.1, 0.15) is 64.5 Å². The van der Waals surface area contributed by atoms with E-state index in [2.05, 4.69) is 68.2 Å². The summed E-state index contributed by atoms with van der Waals surface area (Å²) in [6, 6.07) is 13.0. The van der Waals surface area contributed by atoms with Gasteiger partial charge in [0.05, 0.1) is 5.69 Å². The average molecular weight is 408 g/mol. The fourth-order valence-electron chi connectivity index (χ4n) is 4.99. The third-order valence-electron chi connectivity index (χ3n) is 6.96. The molecule has 1 atom stereocenters. The van der Waals surface area contributed by atoms with Gasteiger partial charge in [-0.1, -0.05) is 45.9 Å². The molecule has 1 fully saturated rings. The first-order chi connectivity index (χ1) is 14.2. The maximum Gasteiger partial charge on any atom is 0.404 e. The van der Waals surface area contributed by atoms with Crippen molar-refractivity contribution in [3.63, 3.8) is 0 Å². The summed E-state index contributed by atoms with van der Waals surface area (Å²) in [6.07, 6.45) is 3.27. The van der Waals surface area contributed by atoms with Gasteiger partial charge in [-0.05, 0) is 65.8 Å². The van der Waals surface area contributed by atoms with Gasteiger partial charge in [0, 0.05) is 24.7 Å². The predicted molar refractivity (Wildman–Crippen MR) is 121 cm³/mol. The Morgan fingerprint density at radius 3 is 2.57 bits per heavy atom. The number of hydrogen-bond acceptors (Lipinski definition) is 3.